The van der Waals surface area contributed by atoms with E-state index in [-0.39, 0.29) is 11.3 Å². The molecular formula is C21H41N5O. The van der Waals surface area contributed by atoms with Crippen LogP contribution in [0.15, 0.2) is 6.20 Å². The molecule has 0 aliphatic carbocycles. The maximum Gasteiger partial charge on any atom is 0.184 e. The zero-order valence-electron chi connectivity index (χ0n) is 18.5. The summed E-state index contributed by atoms with van der Waals surface area (Å²) in [5.74, 6) is 0.100. The number of hydrogen-bond donors (Lipinski definition) is 0. The number of carbonyl (C=O) groups is 1. The van der Waals surface area contributed by atoms with Gasteiger partial charge in [-0.25, -0.2) is 4.68 Å². The van der Waals surface area contributed by atoms with Crippen LogP contribution in [0.2, 0.25) is 0 Å². The molecule has 27 heavy (non-hydrogen) atoms. The minimum atomic E-state index is -0.140. The van der Waals surface area contributed by atoms with E-state index in [2.05, 4.69) is 61.9 Å². The molecule has 0 saturated heterocycles. The number of ketones is 1. The number of Topliss-reactive ketones (excluding diaryl/α,β-unsaturated/α-hetero) is 1. The van der Waals surface area contributed by atoms with E-state index in [4.69, 9.17) is 0 Å². The van der Waals surface area contributed by atoms with Crippen molar-refractivity contribution in [3.63, 3.8) is 0 Å². The van der Waals surface area contributed by atoms with Gasteiger partial charge in [0, 0.05) is 6.42 Å². The molecule has 6 nitrogen and oxygen atoms in total. The van der Waals surface area contributed by atoms with Crippen molar-refractivity contribution in [3.05, 3.63) is 11.9 Å². The summed E-state index contributed by atoms with van der Waals surface area (Å²) in [5, 5.41) is 8.10. The first kappa shape index (κ1) is 23.8. The topological polar surface area (TPSA) is 54.3 Å². The quantitative estimate of drug-likeness (QED) is 0.363. The van der Waals surface area contributed by atoms with Gasteiger partial charge in [0.25, 0.3) is 0 Å². The van der Waals surface area contributed by atoms with Gasteiger partial charge in [0.05, 0.1) is 11.7 Å². The second-order valence-corrected chi connectivity index (χ2v) is 8.77. The van der Waals surface area contributed by atoms with Crippen LogP contribution in [0.4, 0.5) is 0 Å². The molecule has 0 amide bonds. The fourth-order valence-corrected chi connectivity index (χ4v) is 2.93. The van der Waals surface area contributed by atoms with Gasteiger partial charge in [0.2, 0.25) is 0 Å². The molecular weight excluding hydrogens is 338 g/mol. The minimum absolute atomic E-state index is 0.100. The smallest absolute Gasteiger partial charge is 0.184 e. The van der Waals surface area contributed by atoms with E-state index >= 15 is 0 Å². The Morgan fingerprint density at radius 3 is 1.96 bits per heavy atom. The van der Waals surface area contributed by atoms with Gasteiger partial charge in [-0.05, 0) is 93.1 Å². The van der Waals surface area contributed by atoms with Crippen LogP contribution >= 0.6 is 0 Å². The Kier molecular flexibility index (Phi) is 10.8. The van der Waals surface area contributed by atoms with Crippen LogP contribution in [0, 0.1) is 0 Å². The largest absolute Gasteiger partial charge is 0.306 e. The van der Waals surface area contributed by atoms with Crippen LogP contribution in [-0.4, -0.2) is 70.9 Å². The zero-order valence-corrected chi connectivity index (χ0v) is 18.5. The maximum atomic E-state index is 12.2. The molecule has 0 aliphatic rings. The van der Waals surface area contributed by atoms with E-state index in [0.29, 0.717) is 12.1 Å². The molecule has 0 radical (unpaired) electrons. The van der Waals surface area contributed by atoms with Gasteiger partial charge < -0.3 is 9.80 Å². The summed E-state index contributed by atoms with van der Waals surface area (Å²) in [4.78, 5) is 17.1. The highest BCUT2D eigenvalue weighted by Crippen LogP contribution is 2.13. The molecule has 1 aromatic heterocycles. The molecule has 0 N–H and O–H groups in total. The van der Waals surface area contributed by atoms with Gasteiger partial charge in [-0.15, -0.1) is 5.10 Å². The normalized spacial score (nSPS) is 12.3. The van der Waals surface area contributed by atoms with Gasteiger partial charge >= 0.3 is 0 Å². The third-order valence-electron chi connectivity index (χ3n) is 4.88. The van der Waals surface area contributed by atoms with Gasteiger partial charge in [-0.3, -0.25) is 4.79 Å². The summed E-state index contributed by atoms with van der Waals surface area (Å²) in [5.41, 5.74) is 0.351. The molecule has 1 rings (SSSR count). The molecule has 156 valence electrons. The summed E-state index contributed by atoms with van der Waals surface area (Å²) in [7, 11) is 4.40. The number of nitrogens with zero attached hydrogens (tertiary/aromatic N) is 5. The lowest BCUT2D eigenvalue weighted by atomic mass is 10.1. The summed E-state index contributed by atoms with van der Waals surface area (Å²) in [6.45, 7) is 13.0. The van der Waals surface area contributed by atoms with E-state index in [1.807, 2.05) is 0 Å². The molecule has 0 unspecified atom stereocenters. The average Bonchev–Trinajstić information content (AvgIpc) is 3.11. The number of carbonyl (C=O) groups excluding carboxylic acids is 1. The lowest BCUT2D eigenvalue weighted by Gasteiger charge is -2.19. The van der Waals surface area contributed by atoms with Crippen molar-refractivity contribution in [2.24, 2.45) is 0 Å². The van der Waals surface area contributed by atoms with Crippen LogP contribution < -0.4 is 0 Å². The third-order valence-corrected chi connectivity index (χ3v) is 4.88. The molecule has 0 bridgehead atoms. The Morgan fingerprint density at radius 2 is 1.48 bits per heavy atom. The fraction of sp³-hybridized carbons (Fsp3) is 0.857. The van der Waals surface area contributed by atoms with Gasteiger partial charge in [-0.2, -0.15) is 0 Å². The van der Waals surface area contributed by atoms with E-state index in [1.165, 1.54) is 38.8 Å². The van der Waals surface area contributed by atoms with Crippen molar-refractivity contribution >= 4 is 5.78 Å². The SMILES string of the molecule is CCCCN(C)CCCCN(C)CCCCC(=O)c1cn(C(C)(C)C)nn1. The van der Waals surface area contributed by atoms with Gasteiger partial charge in [-0.1, -0.05) is 18.6 Å². The standard InChI is InChI=1S/C21H41N5O/c1-7-8-14-24(5)16-11-12-17-25(6)15-10-9-13-20(27)19-18-26(23-22-19)21(2,3)4/h18H,7-17H2,1-6H3. The second kappa shape index (κ2) is 12.2. The predicted molar refractivity (Wildman–Crippen MR) is 112 cm³/mol. The molecule has 6 heteroatoms. The second-order valence-electron chi connectivity index (χ2n) is 8.77. The third kappa shape index (κ3) is 10.0. The Morgan fingerprint density at radius 1 is 0.963 bits per heavy atom. The highest BCUT2D eigenvalue weighted by Gasteiger charge is 2.18. The molecule has 1 aromatic rings. The Bertz CT molecular complexity index is 535. The highest BCUT2D eigenvalue weighted by molar-refractivity contribution is 5.93. The molecule has 0 aromatic carbocycles. The van der Waals surface area contributed by atoms with Gasteiger partial charge in [0.1, 0.15) is 5.69 Å². The number of hydrogen-bond acceptors (Lipinski definition) is 5. The highest BCUT2D eigenvalue weighted by atomic mass is 16.1. The first-order valence-electron chi connectivity index (χ1n) is 10.6. The van der Waals surface area contributed by atoms with Gasteiger partial charge in [0.15, 0.2) is 5.78 Å². The first-order valence-corrected chi connectivity index (χ1v) is 10.6. The van der Waals surface area contributed by atoms with Crippen LogP contribution in [0.3, 0.4) is 0 Å². The van der Waals surface area contributed by atoms with Crippen molar-refractivity contribution in [2.45, 2.75) is 78.2 Å². The minimum Gasteiger partial charge on any atom is -0.306 e. The van der Waals surface area contributed by atoms with Crippen LogP contribution in [0.1, 0.15) is 83.1 Å². The number of rotatable bonds is 14. The van der Waals surface area contributed by atoms with Crippen LogP contribution in [-0.2, 0) is 5.54 Å². The number of unbranched alkanes of at least 4 members (excludes halogenated alkanes) is 3. The predicted octanol–water partition coefficient (Wildman–Crippen LogP) is 3.83. The average molecular weight is 380 g/mol. The Balaban J connectivity index is 2.11. The molecule has 0 fully saturated rings. The molecule has 0 spiro atoms. The van der Waals surface area contributed by atoms with E-state index in [0.717, 1.165) is 25.9 Å². The molecule has 0 atom stereocenters. The zero-order chi connectivity index (χ0) is 20.3. The van der Waals surface area contributed by atoms with Crippen molar-refractivity contribution in [1.82, 2.24) is 24.8 Å². The maximum absolute atomic E-state index is 12.2. The van der Waals surface area contributed by atoms with Crippen LogP contribution in [0.5, 0.6) is 0 Å². The first-order chi connectivity index (χ1) is 12.7. The van der Waals surface area contributed by atoms with E-state index in [1.54, 1.807) is 10.9 Å². The Labute approximate surface area is 166 Å². The lowest BCUT2D eigenvalue weighted by Crippen LogP contribution is -2.24. The van der Waals surface area contributed by atoms with Crippen molar-refractivity contribution in [3.8, 4) is 0 Å². The monoisotopic (exact) mass is 379 g/mol. The lowest BCUT2D eigenvalue weighted by molar-refractivity contribution is 0.0973. The van der Waals surface area contributed by atoms with Crippen LogP contribution in [0.25, 0.3) is 0 Å². The number of aromatic nitrogens is 3. The summed E-state index contributed by atoms with van der Waals surface area (Å²) in [6.07, 6.45) is 9.34. The fourth-order valence-electron chi connectivity index (χ4n) is 2.93. The summed E-state index contributed by atoms with van der Waals surface area (Å²) in [6, 6.07) is 0. The molecule has 1 heterocycles. The molecule has 0 aliphatic heterocycles. The van der Waals surface area contributed by atoms with Crippen molar-refractivity contribution in [2.75, 3.05) is 40.3 Å². The molecule has 0 saturated carbocycles. The van der Waals surface area contributed by atoms with Crippen molar-refractivity contribution < 1.29 is 4.79 Å². The van der Waals surface area contributed by atoms with Crippen molar-refractivity contribution in [1.29, 1.82) is 0 Å². The summed E-state index contributed by atoms with van der Waals surface area (Å²) < 4.78 is 1.76. The Hall–Kier alpha value is -1.27. The van der Waals surface area contributed by atoms with E-state index in [9.17, 15) is 4.79 Å². The summed E-state index contributed by atoms with van der Waals surface area (Å²) >= 11 is 0. The van der Waals surface area contributed by atoms with E-state index < -0.39 is 0 Å².